The smallest absolute Gasteiger partial charge is 0.257 e. The fraction of sp³-hybridized carbons (Fsp3) is 0.273. The van der Waals surface area contributed by atoms with Crippen molar-refractivity contribution < 1.29 is 14.7 Å². The van der Waals surface area contributed by atoms with Crippen LogP contribution in [0.15, 0.2) is 18.2 Å². The molecule has 5 nitrogen and oxygen atoms in total. The maximum absolute atomic E-state index is 11.7. The maximum Gasteiger partial charge on any atom is 0.257 e. The first-order chi connectivity index (χ1) is 7.43. The molecule has 0 saturated carbocycles. The molecule has 2 amide bonds. The summed E-state index contributed by atoms with van der Waals surface area (Å²) in [6.07, 6.45) is 0. The fourth-order valence-electron chi connectivity index (χ4n) is 1.25. The number of amides is 2. The molecule has 86 valence electrons. The summed E-state index contributed by atoms with van der Waals surface area (Å²) in [6, 6.07) is 4.63. The minimum absolute atomic E-state index is 0.163. The molecule has 1 aromatic rings. The molecule has 0 aliphatic carbocycles. The van der Waals surface area contributed by atoms with Crippen molar-refractivity contribution in [2.24, 2.45) is 0 Å². The second-order valence-electron chi connectivity index (χ2n) is 3.58. The number of phenols is 1. The van der Waals surface area contributed by atoms with Crippen molar-refractivity contribution in [2.75, 3.05) is 19.4 Å². The van der Waals surface area contributed by atoms with Gasteiger partial charge in [-0.3, -0.25) is 9.59 Å². The van der Waals surface area contributed by atoms with Crippen molar-refractivity contribution in [3.63, 3.8) is 0 Å². The van der Waals surface area contributed by atoms with Gasteiger partial charge < -0.3 is 15.3 Å². The van der Waals surface area contributed by atoms with Crippen LogP contribution in [0.2, 0.25) is 0 Å². The highest BCUT2D eigenvalue weighted by molar-refractivity contribution is 6.00. The van der Waals surface area contributed by atoms with E-state index in [0.717, 1.165) is 0 Å². The third-order valence-electron chi connectivity index (χ3n) is 1.98. The van der Waals surface area contributed by atoms with E-state index >= 15 is 0 Å². The average molecular weight is 222 g/mol. The zero-order valence-corrected chi connectivity index (χ0v) is 9.44. The Morgan fingerprint density at radius 2 is 1.94 bits per heavy atom. The number of hydrogen-bond acceptors (Lipinski definition) is 3. The van der Waals surface area contributed by atoms with Gasteiger partial charge in [-0.05, 0) is 12.1 Å². The molecule has 0 radical (unpaired) electrons. The van der Waals surface area contributed by atoms with Gasteiger partial charge in [0.25, 0.3) is 5.91 Å². The molecule has 0 fully saturated rings. The Hall–Kier alpha value is -2.04. The second-order valence-corrected chi connectivity index (χ2v) is 3.58. The van der Waals surface area contributed by atoms with Crippen LogP contribution in [0.5, 0.6) is 5.75 Å². The second kappa shape index (κ2) is 4.65. The number of phenolic OH excluding ortho intramolecular Hbond substituents is 1. The molecule has 0 saturated heterocycles. The van der Waals surface area contributed by atoms with Gasteiger partial charge in [-0.25, -0.2) is 0 Å². The predicted molar refractivity (Wildman–Crippen MR) is 60.4 cm³/mol. The molecule has 0 atom stereocenters. The lowest BCUT2D eigenvalue weighted by molar-refractivity contribution is -0.114. The van der Waals surface area contributed by atoms with E-state index in [2.05, 4.69) is 5.32 Å². The van der Waals surface area contributed by atoms with Crippen LogP contribution in [0.25, 0.3) is 0 Å². The number of carbonyl (C=O) groups is 2. The summed E-state index contributed by atoms with van der Waals surface area (Å²) in [5, 5.41) is 12.2. The monoisotopic (exact) mass is 222 g/mol. The van der Waals surface area contributed by atoms with Crippen molar-refractivity contribution >= 4 is 17.5 Å². The van der Waals surface area contributed by atoms with Gasteiger partial charge in [0.05, 0.1) is 11.3 Å². The quantitative estimate of drug-likeness (QED) is 0.735. The number of nitrogens with zero attached hydrogens (tertiary/aromatic N) is 1. The summed E-state index contributed by atoms with van der Waals surface area (Å²) in [5.74, 6) is -0.828. The Morgan fingerprint density at radius 1 is 1.31 bits per heavy atom. The third kappa shape index (κ3) is 2.50. The number of nitrogens with one attached hydrogen (secondary N) is 1. The Kier molecular flexibility index (Phi) is 3.50. The maximum atomic E-state index is 11.7. The van der Waals surface area contributed by atoms with Crippen LogP contribution >= 0.6 is 0 Å². The van der Waals surface area contributed by atoms with E-state index in [4.69, 9.17) is 0 Å². The van der Waals surface area contributed by atoms with Crippen LogP contribution in [0.4, 0.5) is 5.69 Å². The number of aromatic hydroxyl groups is 1. The first kappa shape index (κ1) is 12.0. The topological polar surface area (TPSA) is 69.6 Å². The normalized spacial score (nSPS) is 9.69. The number of para-hydroxylation sites is 1. The lowest BCUT2D eigenvalue weighted by atomic mass is 10.1. The Bertz CT molecular complexity index is 427. The molecule has 0 aromatic heterocycles. The molecule has 0 bridgehead atoms. The standard InChI is InChI=1S/C11H14N2O3/c1-7(14)12-9-6-4-5-8(10(9)15)11(16)13(2)3/h4-6,15H,1-3H3,(H,12,14). The number of anilines is 1. The van der Waals surface area contributed by atoms with E-state index in [0.29, 0.717) is 0 Å². The highest BCUT2D eigenvalue weighted by atomic mass is 16.3. The van der Waals surface area contributed by atoms with Gasteiger partial charge in [-0.1, -0.05) is 6.07 Å². The van der Waals surface area contributed by atoms with Gasteiger partial charge in [0, 0.05) is 21.0 Å². The zero-order valence-electron chi connectivity index (χ0n) is 9.44. The first-order valence-corrected chi connectivity index (χ1v) is 4.74. The van der Waals surface area contributed by atoms with Gasteiger partial charge >= 0.3 is 0 Å². The van der Waals surface area contributed by atoms with Gasteiger partial charge in [0.15, 0.2) is 5.75 Å². The highest BCUT2D eigenvalue weighted by Crippen LogP contribution is 2.27. The number of carbonyl (C=O) groups excluding carboxylic acids is 2. The van der Waals surface area contributed by atoms with Crippen LogP contribution in [-0.2, 0) is 4.79 Å². The van der Waals surface area contributed by atoms with E-state index in [-0.39, 0.29) is 28.8 Å². The van der Waals surface area contributed by atoms with Crippen molar-refractivity contribution in [1.82, 2.24) is 4.90 Å². The average Bonchev–Trinajstić information content (AvgIpc) is 2.19. The van der Waals surface area contributed by atoms with Crippen molar-refractivity contribution in [3.05, 3.63) is 23.8 Å². The summed E-state index contributed by atoms with van der Waals surface area (Å²) in [7, 11) is 3.18. The van der Waals surface area contributed by atoms with E-state index in [1.54, 1.807) is 20.2 Å². The number of rotatable bonds is 2. The van der Waals surface area contributed by atoms with Gasteiger partial charge in [-0.2, -0.15) is 0 Å². The van der Waals surface area contributed by atoms with E-state index in [1.165, 1.54) is 24.0 Å². The van der Waals surface area contributed by atoms with Gasteiger partial charge in [0.1, 0.15) is 0 Å². The third-order valence-corrected chi connectivity index (χ3v) is 1.98. The lowest BCUT2D eigenvalue weighted by Gasteiger charge is -2.13. The predicted octanol–water partition coefficient (Wildman–Crippen LogP) is 1.05. The van der Waals surface area contributed by atoms with Crippen molar-refractivity contribution in [3.8, 4) is 5.75 Å². The van der Waals surface area contributed by atoms with Crippen molar-refractivity contribution in [1.29, 1.82) is 0 Å². The molecule has 0 aliphatic rings. The molecule has 1 aromatic carbocycles. The molecule has 2 N–H and O–H groups in total. The molecular weight excluding hydrogens is 208 g/mol. The molecule has 0 spiro atoms. The zero-order chi connectivity index (χ0) is 12.3. The molecule has 16 heavy (non-hydrogen) atoms. The summed E-state index contributed by atoms with van der Waals surface area (Å²) in [6.45, 7) is 1.33. The highest BCUT2D eigenvalue weighted by Gasteiger charge is 2.15. The Labute approximate surface area is 93.7 Å². The SMILES string of the molecule is CC(=O)Nc1cccc(C(=O)N(C)C)c1O. The number of hydrogen-bond donors (Lipinski definition) is 2. The van der Waals surface area contributed by atoms with Crippen molar-refractivity contribution in [2.45, 2.75) is 6.92 Å². The minimum atomic E-state index is -0.315. The van der Waals surface area contributed by atoms with Crippen LogP contribution in [-0.4, -0.2) is 35.9 Å². The fourth-order valence-corrected chi connectivity index (χ4v) is 1.25. The Morgan fingerprint density at radius 3 is 2.44 bits per heavy atom. The van der Waals surface area contributed by atoms with Gasteiger partial charge in [-0.15, -0.1) is 0 Å². The summed E-state index contributed by atoms with van der Waals surface area (Å²) in [4.78, 5) is 23.9. The lowest BCUT2D eigenvalue weighted by Crippen LogP contribution is -2.22. The number of benzene rings is 1. The summed E-state index contributed by atoms with van der Waals surface area (Å²) < 4.78 is 0. The summed E-state index contributed by atoms with van der Waals surface area (Å²) >= 11 is 0. The Balaban J connectivity index is 3.13. The summed E-state index contributed by atoms with van der Waals surface area (Å²) in [5.41, 5.74) is 0.399. The van der Waals surface area contributed by atoms with E-state index < -0.39 is 0 Å². The van der Waals surface area contributed by atoms with Crippen LogP contribution in [0.1, 0.15) is 17.3 Å². The largest absolute Gasteiger partial charge is 0.505 e. The van der Waals surface area contributed by atoms with E-state index in [1.807, 2.05) is 0 Å². The molecule has 0 aliphatic heterocycles. The molecule has 5 heteroatoms. The molecule has 0 heterocycles. The molecular formula is C11H14N2O3. The van der Waals surface area contributed by atoms with E-state index in [9.17, 15) is 14.7 Å². The minimum Gasteiger partial charge on any atom is -0.505 e. The molecule has 1 rings (SSSR count). The van der Waals surface area contributed by atoms with Crippen LogP contribution in [0.3, 0.4) is 0 Å². The molecule has 0 unspecified atom stereocenters. The van der Waals surface area contributed by atoms with Gasteiger partial charge in [0.2, 0.25) is 5.91 Å². The van der Waals surface area contributed by atoms with Crippen LogP contribution in [0, 0.1) is 0 Å². The first-order valence-electron chi connectivity index (χ1n) is 4.74. The van der Waals surface area contributed by atoms with Crippen LogP contribution < -0.4 is 5.32 Å².